The largest absolute Gasteiger partial charge is 0.491 e. The summed E-state index contributed by atoms with van der Waals surface area (Å²) in [7, 11) is 0. The molecule has 0 spiro atoms. The van der Waals surface area contributed by atoms with Gasteiger partial charge in [0.05, 0.1) is 13.2 Å². The highest BCUT2D eigenvalue weighted by Gasteiger charge is 2.43. The first-order valence-corrected chi connectivity index (χ1v) is 8.35. The Morgan fingerprint density at radius 1 is 0.955 bits per heavy atom. The SMILES string of the molecule is CCOc1ccc(OCC2CCC3C(C)CCC23)c(F)c1F. The van der Waals surface area contributed by atoms with Gasteiger partial charge in [0.2, 0.25) is 11.6 Å². The monoisotopic (exact) mass is 310 g/mol. The standard InChI is InChI=1S/C18H24F2O2/c1-3-21-15-8-9-16(18(20)17(15)19)22-10-12-5-7-13-11(2)4-6-14(12)13/h8-9,11-14H,3-7,10H2,1-2H3. The van der Waals surface area contributed by atoms with Crippen molar-refractivity contribution in [2.45, 2.75) is 39.5 Å². The molecule has 2 nitrogen and oxygen atoms in total. The minimum atomic E-state index is -0.960. The van der Waals surface area contributed by atoms with Gasteiger partial charge in [-0.05, 0) is 62.0 Å². The molecule has 2 aliphatic carbocycles. The van der Waals surface area contributed by atoms with Crippen LogP contribution in [-0.2, 0) is 0 Å². The molecule has 4 unspecified atom stereocenters. The maximum Gasteiger partial charge on any atom is 0.204 e. The van der Waals surface area contributed by atoms with E-state index in [4.69, 9.17) is 9.47 Å². The van der Waals surface area contributed by atoms with Crippen molar-refractivity contribution >= 4 is 0 Å². The topological polar surface area (TPSA) is 18.5 Å². The smallest absolute Gasteiger partial charge is 0.204 e. The number of fused-ring (bicyclic) bond motifs is 1. The molecular weight excluding hydrogens is 286 g/mol. The van der Waals surface area contributed by atoms with Crippen LogP contribution in [0.4, 0.5) is 8.78 Å². The normalized spacial score (nSPS) is 30.4. The second-order valence-electron chi connectivity index (χ2n) is 6.65. The van der Waals surface area contributed by atoms with Crippen LogP contribution in [0.15, 0.2) is 12.1 Å². The highest BCUT2D eigenvalue weighted by molar-refractivity contribution is 5.35. The summed E-state index contributed by atoms with van der Waals surface area (Å²) in [5, 5.41) is 0. The molecule has 3 rings (SSSR count). The van der Waals surface area contributed by atoms with Crippen molar-refractivity contribution in [1.82, 2.24) is 0 Å². The van der Waals surface area contributed by atoms with E-state index < -0.39 is 11.6 Å². The average molecular weight is 310 g/mol. The van der Waals surface area contributed by atoms with Gasteiger partial charge in [0, 0.05) is 0 Å². The van der Waals surface area contributed by atoms with Crippen LogP contribution in [0.5, 0.6) is 11.5 Å². The van der Waals surface area contributed by atoms with Crippen LogP contribution < -0.4 is 9.47 Å². The zero-order chi connectivity index (χ0) is 15.7. The van der Waals surface area contributed by atoms with E-state index in [1.54, 1.807) is 6.92 Å². The van der Waals surface area contributed by atoms with Gasteiger partial charge in [0.25, 0.3) is 0 Å². The van der Waals surface area contributed by atoms with Gasteiger partial charge in [-0.1, -0.05) is 13.3 Å². The van der Waals surface area contributed by atoms with Gasteiger partial charge in [-0.15, -0.1) is 0 Å². The summed E-state index contributed by atoms with van der Waals surface area (Å²) in [5.41, 5.74) is 0. The Balaban J connectivity index is 1.64. The first-order chi connectivity index (χ1) is 10.6. The molecule has 2 fully saturated rings. The molecule has 0 radical (unpaired) electrons. The highest BCUT2D eigenvalue weighted by Crippen LogP contribution is 2.50. The number of ether oxygens (including phenoxy) is 2. The van der Waals surface area contributed by atoms with Gasteiger partial charge >= 0.3 is 0 Å². The zero-order valence-electron chi connectivity index (χ0n) is 13.3. The van der Waals surface area contributed by atoms with E-state index in [0.717, 1.165) is 18.3 Å². The molecule has 4 heteroatoms. The maximum absolute atomic E-state index is 14.0. The fourth-order valence-electron chi connectivity index (χ4n) is 4.31. The van der Waals surface area contributed by atoms with E-state index in [2.05, 4.69) is 6.92 Å². The van der Waals surface area contributed by atoms with Crippen LogP contribution in [-0.4, -0.2) is 13.2 Å². The second-order valence-corrected chi connectivity index (χ2v) is 6.65. The molecule has 0 bridgehead atoms. The number of halogens is 2. The molecule has 1 aromatic rings. The summed E-state index contributed by atoms with van der Waals surface area (Å²) >= 11 is 0. The number of rotatable bonds is 5. The summed E-state index contributed by atoms with van der Waals surface area (Å²) in [6.45, 7) is 4.86. The molecule has 0 N–H and O–H groups in total. The van der Waals surface area contributed by atoms with Gasteiger partial charge in [-0.3, -0.25) is 0 Å². The lowest BCUT2D eigenvalue weighted by Gasteiger charge is -2.20. The number of hydrogen-bond donors (Lipinski definition) is 0. The van der Waals surface area contributed by atoms with Crippen molar-refractivity contribution in [3.8, 4) is 11.5 Å². The van der Waals surface area contributed by atoms with Crippen molar-refractivity contribution in [2.75, 3.05) is 13.2 Å². The first-order valence-electron chi connectivity index (χ1n) is 8.35. The predicted octanol–water partition coefficient (Wildman–Crippen LogP) is 4.81. The van der Waals surface area contributed by atoms with Crippen molar-refractivity contribution in [2.24, 2.45) is 23.7 Å². The predicted molar refractivity (Wildman–Crippen MR) is 81.1 cm³/mol. The van der Waals surface area contributed by atoms with E-state index in [0.29, 0.717) is 25.0 Å². The van der Waals surface area contributed by atoms with Gasteiger partial charge in [-0.2, -0.15) is 8.78 Å². The Labute approximate surface area is 130 Å². The third-order valence-corrected chi connectivity index (χ3v) is 5.48. The Hall–Kier alpha value is -1.32. The van der Waals surface area contributed by atoms with Gasteiger partial charge in [-0.25, -0.2) is 0 Å². The van der Waals surface area contributed by atoms with E-state index in [1.165, 1.54) is 31.4 Å². The lowest BCUT2D eigenvalue weighted by molar-refractivity contribution is 0.195. The number of benzene rings is 1. The molecule has 0 heterocycles. The third kappa shape index (κ3) is 2.80. The molecule has 2 aliphatic rings. The quantitative estimate of drug-likeness (QED) is 0.776. The lowest BCUT2D eigenvalue weighted by atomic mass is 9.90. The fourth-order valence-corrected chi connectivity index (χ4v) is 4.31. The maximum atomic E-state index is 14.0. The summed E-state index contributed by atoms with van der Waals surface area (Å²) in [4.78, 5) is 0. The van der Waals surface area contributed by atoms with Crippen molar-refractivity contribution in [3.63, 3.8) is 0 Å². The summed E-state index contributed by atoms with van der Waals surface area (Å²) in [6.07, 6.45) is 4.93. The molecule has 22 heavy (non-hydrogen) atoms. The molecule has 4 atom stereocenters. The lowest BCUT2D eigenvalue weighted by Crippen LogP contribution is -2.18. The highest BCUT2D eigenvalue weighted by atomic mass is 19.2. The first kappa shape index (κ1) is 15.6. The minimum Gasteiger partial charge on any atom is -0.491 e. The van der Waals surface area contributed by atoms with Crippen LogP contribution in [0.2, 0.25) is 0 Å². The Morgan fingerprint density at radius 3 is 2.27 bits per heavy atom. The molecule has 0 aromatic heterocycles. The van der Waals surface area contributed by atoms with Crippen LogP contribution in [0, 0.1) is 35.3 Å². The van der Waals surface area contributed by atoms with Crippen LogP contribution in [0.25, 0.3) is 0 Å². The second kappa shape index (κ2) is 6.43. The Bertz CT molecular complexity index is 532. The summed E-state index contributed by atoms with van der Waals surface area (Å²) in [5.74, 6) is 0.812. The third-order valence-electron chi connectivity index (χ3n) is 5.48. The summed E-state index contributed by atoms with van der Waals surface area (Å²) < 4.78 is 38.5. The van der Waals surface area contributed by atoms with Crippen LogP contribution in [0.3, 0.4) is 0 Å². The fraction of sp³-hybridized carbons (Fsp3) is 0.667. The molecule has 2 saturated carbocycles. The molecule has 0 saturated heterocycles. The Morgan fingerprint density at radius 2 is 1.59 bits per heavy atom. The summed E-state index contributed by atoms with van der Waals surface area (Å²) in [6, 6.07) is 2.90. The van der Waals surface area contributed by atoms with E-state index >= 15 is 0 Å². The van der Waals surface area contributed by atoms with E-state index in [9.17, 15) is 8.78 Å². The van der Waals surface area contributed by atoms with E-state index in [-0.39, 0.29) is 11.5 Å². The van der Waals surface area contributed by atoms with E-state index in [1.807, 2.05) is 0 Å². The van der Waals surface area contributed by atoms with Crippen LogP contribution in [0.1, 0.15) is 39.5 Å². The molecule has 0 amide bonds. The zero-order valence-corrected chi connectivity index (χ0v) is 13.3. The van der Waals surface area contributed by atoms with Crippen molar-refractivity contribution < 1.29 is 18.3 Å². The van der Waals surface area contributed by atoms with Gasteiger partial charge < -0.3 is 9.47 Å². The minimum absolute atomic E-state index is 0.00421. The van der Waals surface area contributed by atoms with Crippen molar-refractivity contribution in [1.29, 1.82) is 0 Å². The average Bonchev–Trinajstić information content (AvgIpc) is 3.07. The van der Waals surface area contributed by atoms with Gasteiger partial charge in [0.15, 0.2) is 11.5 Å². The molecule has 122 valence electrons. The van der Waals surface area contributed by atoms with Crippen LogP contribution >= 0.6 is 0 Å². The number of hydrogen-bond acceptors (Lipinski definition) is 2. The van der Waals surface area contributed by atoms with Gasteiger partial charge in [0.1, 0.15) is 0 Å². The van der Waals surface area contributed by atoms with Crippen molar-refractivity contribution in [3.05, 3.63) is 23.8 Å². The Kier molecular flexibility index (Phi) is 4.55. The molecular formula is C18H24F2O2. The molecule has 1 aromatic carbocycles. The molecule has 0 aliphatic heterocycles.